The Morgan fingerprint density at radius 1 is 1.39 bits per heavy atom. The zero-order valence-electron chi connectivity index (χ0n) is 19.2. The number of carbonyl (C=O) groups is 1. The lowest BCUT2D eigenvalue weighted by atomic mass is 9.93. The molecule has 1 saturated heterocycles. The van der Waals surface area contributed by atoms with Crippen LogP contribution < -0.4 is 4.72 Å². The molecule has 2 heterocycles. The second-order valence-electron chi connectivity index (χ2n) is 8.64. The van der Waals surface area contributed by atoms with Gasteiger partial charge in [-0.05, 0) is 63.7 Å². The van der Waals surface area contributed by atoms with Crippen molar-refractivity contribution in [2.75, 3.05) is 12.3 Å². The molecule has 31 heavy (non-hydrogen) atoms. The Morgan fingerprint density at radius 2 is 2.26 bits per heavy atom. The Labute approximate surface area is 191 Å². The van der Waals surface area contributed by atoms with E-state index < -0.39 is 0 Å². The molecule has 5 nitrogen and oxygen atoms in total. The quantitative estimate of drug-likeness (QED) is 0.388. The molecule has 1 aromatic heterocycles. The van der Waals surface area contributed by atoms with Crippen LogP contribution in [-0.2, 0) is 11.2 Å². The zero-order chi connectivity index (χ0) is 22.1. The van der Waals surface area contributed by atoms with E-state index in [1.807, 2.05) is 18.7 Å². The molecule has 1 aromatic rings. The number of nitrogens with zero attached hydrogens (tertiary/aromatic N) is 2. The lowest BCUT2D eigenvalue weighted by Crippen LogP contribution is -2.56. The zero-order valence-corrected chi connectivity index (χ0v) is 20.0. The molecule has 0 bridgehead atoms. The molecule has 0 aromatic carbocycles. The molecule has 1 aliphatic carbocycles. The van der Waals surface area contributed by atoms with E-state index in [9.17, 15) is 4.79 Å². The maximum atomic E-state index is 12.9. The van der Waals surface area contributed by atoms with E-state index in [4.69, 9.17) is 9.72 Å². The smallest absolute Gasteiger partial charge is 0.410 e. The van der Waals surface area contributed by atoms with Crippen LogP contribution in [0, 0.1) is 0 Å². The number of likely N-dealkylation sites (tertiary alicyclic amines) is 1. The molecule has 3 rings (SSSR count). The van der Waals surface area contributed by atoms with Gasteiger partial charge in [0, 0.05) is 30.5 Å². The highest BCUT2D eigenvalue weighted by Crippen LogP contribution is 2.26. The van der Waals surface area contributed by atoms with Gasteiger partial charge in [-0.25, -0.2) is 4.79 Å². The van der Waals surface area contributed by atoms with Crippen LogP contribution in [0.5, 0.6) is 0 Å². The van der Waals surface area contributed by atoms with Crippen molar-refractivity contribution in [1.29, 1.82) is 0 Å². The maximum absolute atomic E-state index is 12.9. The van der Waals surface area contributed by atoms with Gasteiger partial charge < -0.3 is 9.64 Å². The van der Waals surface area contributed by atoms with E-state index in [-0.39, 0.29) is 24.3 Å². The van der Waals surface area contributed by atoms with Crippen LogP contribution in [0.2, 0.25) is 0 Å². The number of amides is 1. The highest BCUT2D eigenvalue weighted by Gasteiger charge is 2.36. The average molecular weight is 444 g/mol. The molecule has 1 fully saturated rings. The highest BCUT2D eigenvalue weighted by molar-refractivity contribution is 7.97. The van der Waals surface area contributed by atoms with Crippen molar-refractivity contribution in [1.82, 2.24) is 14.6 Å². The summed E-state index contributed by atoms with van der Waals surface area (Å²) in [6.07, 6.45) is 13.4. The highest BCUT2D eigenvalue weighted by atomic mass is 32.2. The largest absolute Gasteiger partial charge is 0.447 e. The molecular weight excluding hydrogens is 406 g/mol. The third kappa shape index (κ3) is 7.11. The SMILES string of the molecule is CCCCSNC1CCCN(C(=O)OC(C)C)C1Cc1cccc(C2=CC=CCC2)n1. The first-order valence-electron chi connectivity index (χ1n) is 11.7. The van der Waals surface area contributed by atoms with Crippen molar-refractivity contribution in [2.45, 2.75) is 83.9 Å². The number of allylic oxidation sites excluding steroid dienone is 4. The number of piperidine rings is 1. The molecular formula is C25H37N3O2S. The van der Waals surface area contributed by atoms with Gasteiger partial charge in [0.1, 0.15) is 0 Å². The fraction of sp³-hybridized carbons (Fsp3) is 0.600. The molecule has 1 N–H and O–H groups in total. The fourth-order valence-electron chi connectivity index (χ4n) is 4.13. The summed E-state index contributed by atoms with van der Waals surface area (Å²) in [5.74, 6) is 1.09. The van der Waals surface area contributed by atoms with Gasteiger partial charge in [-0.3, -0.25) is 9.71 Å². The summed E-state index contributed by atoms with van der Waals surface area (Å²) in [5.41, 5.74) is 3.37. The Hall–Kier alpha value is -1.79. The molecule has 0 radical (unpaired) electrons. The molecule has 170 valence electrons. The average Bonchev–Trinajstić information content (AvgIpc) is 2.78. The van der Waals surface area contributed by atoms with Crippen LogP contribution in [0.15, 0.2) is 36.4 Å². The second-order valence-corrected chi connectivity index (χ2v) is 9.57. The summed E-state index contributed by atoms with van der Waals surface area (Å²) in [7, 11) is 0. The molecule has 2 atom stereocenters. The number of unbranched alkanes of at least 4 members (excludes halogenated alkanes) is 1. The molecule has 1 amide bonds. The molecule has 6 heteroatoms. The summed E-state index contributed by atoms with van der Waals surface area (Å²) in [6, 6.07) is 6.55. The molecule has 1 aliphatic heterocycles. The van der Waals surface area contributed by atoms with Gasteiger partial charge in [0.25, 0.3) is 0 Å². The predicted molar refractivity (Wildman–Crippen MR) is 130 cm³/mol. The Kier molecular flexibility index (Phi) is 9.47. The normalized spacial score (nSPS) is 21.3. The first-order valence-corrected chi connectivity index (χ1v) is 12.7. The number of rotatable bonds is 9. The summed E-state index contributed by atoms with van der Waals surface area (Å²) >= 11 is 1.79. The maximum Gasteiger partial charge on any atom is 0.410 e. The molecule has 0 saturated carbocycles. The van der Waals surface area contributed by atoms with E-state index in [0.29, 0.717) is 0 Å². The number of ether oxygens (including phenoxy) is 1. The van der Waals surface area contributed by atoms with Crippen LogP contribution >= 0.6 is 11.9 Å². The van der Waals surface area contributed by atoms with Crippen LogP contribution in [0.25, 0.3) is 5.57 Å². The number of aromatic nitrogens is 1. The first kappa shape index (κ1) is 23.9. The third-order valence-electron chi connectivity index (χ3n) is 5.75. The van der Waals surface area contributed by atoms with Gasteiger partial charge >= 0.3 is 6.09 Å². The monoisotopic (exact) mass is 443 g/mol. The fourth-order valence-corrected chi connectivity index (χ4v) is 5.17. The van der Waals surface area contributed by atoms with Crippen molar-refractivity contribution in [3.8, 4) is 0 Å². The summed E-state index contributed by atoms with van der Waals surface area (Å²) in [4.78, 5) is 19.8. The topological polar surface area (TPSA) is 54.5 Å². The lowest BCUT2D eigenvalue weighted by molar-refractivity contribution is 0.0462. The first-order chi connectivity index (χ1) is 15.1. The number of nitrogens with one attached hydrogen (secondary N) is 1. The van der Waals surface area contributed by atoms with Gasteiger partial charge in [0.15, 0.2) is 0 Å². The minimum Gasteiger partial charge on any atom is -0.447 e. The van der Waals surface area contributed by atoms with Crippen molar-refractivity contribution in [3.63, 3.8) is 0 Å². The van der Waals surface area contributed by atoms with Crippen molar-refractivity contribution < 1.29 is 9.53 Å². The standard InChI is InChI=1S/C25H37N3O2S/c1-4-5-17-31-27-23-15-10-16-28(25(29)30-19(2)3)24(23)18-21-13-9-14-22(26-21)20-11-7-6-8-12-20/h6-7,9,11,13-14,19,23-24,27H,4-5,8,10,12,15-18H2,1-3H3. The Morgan fingerprint density at radius 3 is 3.00 bits per heavy atom. The lowest BCUT2D eigenvalue weighted by Gasteiger charge is -2.41. The van der Waals surface area contributed by atoms with Gasteiger partial charge in [0.2, 0.25) is 0 Å². The molecule has 0 spiro atoms. The van der Waals surface area contributed by atoms with E-state index in [0.717, 1.165) is 55.8 Å². The Balaban J connectivity index is 1.77. The van der Waals surface area contributed by atoms with E-state index in [2.05, 4.69) is 48.1 Å². The van der Waals surface area contributed by atoms with Crippen molar-refractivity contribution in [3.05, 3.63) is 47.8 Å². The van der Waals surface area contributed by atoms with E-state index in [1.165, 1.54) is 18.4 Å². The number of hydrogen-bond donors (Lipinski definition) is 1. The van der Waals surface area contributed by atoms with Crippen LogP contribution in [0.3, 0.4) is 0 Å². The number of carbonyl (C=O) groups excluding carboxylic acids is 1. The minimum absolute atomic E-state index is 0.0390. The van der Waals surface area contributed by atoms with Gasteiger partial charge in [0.05, 0.1) is 17.8 Å². The minimum atomic E-state index is -0.207. The summed E-state index contributed by atoms with van der Waals surface area (Å²) in [6.45, 7) is 6.77. The van der Waals surface area contributed by atoms with Gasteiger partial charge in [-0.15, -0.1) is 0 Å². The number of pyridine rings is 1. The molecule has 2 aliphatic rings. The van der Waals surface area contributed by atoms with Crippen molar-refractivity contribution >= 4 is 23.6 Å². The van der Waals surface area contributed by atoms with Gasteiger partial charge in [-0.1, -0.05) is 49.6 Å². The summed E-state index contributed by atoms with van der Waals surface area (Å²) < 4.78 is 9.25. The van der Waals surface area contributed by atoms with Crippen LogP contribution in [0.4, 0.5) is 4.79 Å². The van der Waals surface area contributed by atoms with E-state index in [1.54, 1.807) is 11.9 Å². The van der Waals surface area contributed by atoms with Crippen molar-refractivity contribution in [2.24, 2.45) is 0 Å². The van der Waals surface area contributed by atoms with Crippen LogP contribution in [0.1, 0.15) is 70.7 Å². The molecule has 2 unspecified atom stereocenters. The van der Waals surface area contributed by atoms with Gasteiger partial charge in [-0.2, -0.15) is 0 Å². The van der Waals surface area contributed by atoms with E-state index >= 15 is 0 Å². The Bertz CT molecular complexity index is 778. The second kappa shape index (κ2) is 12.3. The predicted octanol–water partition coefficient (Wildman–Crippen LogP) is 5.77. The third-order valence-corrected chi connectivity index (χ3v) is 6.71. The van der Waals surface area contributed by atoms with Crippen LogP contribution in [-0.4, -0.2) is 46.5 Å². The summed E-state index contributed by atoms with van der Waals surface area (Å²) in [5, 5.41) is 0. The number of hydrogen-bond acceptors (Lipinski definition) is 5.